The van der Waals surface area contributed by atoms with Gasteiger partial charge in [-0.25, -0.2) is 9.18 Å². The Kier molecular flexibility index (Phi) is 4.28. The maximum Gasteiger partial charge on any atom is 0.328 e. The molecule has 0 spiro atoms. The van der Waals surface area contributed by atoms with E-state index in [1.807, 2.05) is 19.1 Å². The normalized spacial score (nSPS) is 21.1. The highest BCUT2D eigenvalue weighted by atomic mass is 19.1. The van der Waals surface area contributed by atoms with Gasteiger partial charge in [0.2, 0.25) is 0 Å². The summed E-state index contributed by atoms with van der Waals surface area (Å²) in [6, 6.07) is 10.2. The largest absolute Gasteiger partial charge is 0.370 e. The van der Waals surface area contributed by atoms with Crippen LogP contribution in [0.1, 0.15) is 6.92 Å². The topological polar surface area (TPSA) is 70.1 Å². The first-order valence-electron chi connectivity index (χ1n) is 10.1. The fourth-order valence-corrected chi connectivity index (χ4v) is 4.82. The summed E-state index contributed by atoms with van der Waals surface area (Å²) >= 11 is 0. The third kappa shape index (κ3) is 2.97. The molecule has 6 nitrogen and oxygen atoms in total. The van der Waals surface area contributed by atoms with Gasteiger partial charge in [-0.05, 0) is 54.2 Å². The lowest BCUT2D eigenvalue weighted by Crippen LogP contribution is -2.32. The van der Waals surface area contributed by atoms with Gasteiger partial charge in [0.05, 0.1) is 16.6 Å². The molecular weight excluding hydrogens is 371 g/mol. The number of anilines is 1. The molecule has 7 heteroatoms. The molecule has 0 amide bonds. The molecule has 0 unspecified atom stereocenters. The van der Waals surface area contributed by atoms with Crippen LogP contribution in [0, 0.1) is 17.7 Å². The molecule has 0 aliphatic carbocycles. The summed E-state index contributed by atoms with van der Waals surface area (Å²) in [4.78, 5) is 30.0. The minimum Gasteiger partial charge on any atom is -0.370 e. The van der Waals surface area contributed by atoms with Crippen LogP contribution in [0.25, 0.3) is 22.0 Å². The van der Waals surface area contributed by atoms with Crippen LogP contribution in [0.5, 0.6) is 0 Å². The molecule has 1 aromatic heterocycles. The zero-order valence-corrected chi connectivity index (χ0v) is 16.2. The number of rotatable bonds is 3. The van der Waals surface area contributed by atoms with Crippen molar-refractivity contribution in [2.24, 2.45) is 11.8 Å². The highest BCUT2D eigenvalue weighted by molar-refractivity contribution is 5.96. The summed E-state index contributed by atoms with van der Waals surface area (Å²) < 4.78 is 15.0. The molecule has 0 saturated carbocycles. The van der Waals surface area contributed by atoms with Gasteiger partial charge >= 0.3 is 5.69 Å². The van der Waals surface area contributed by atoms with E-state index in [1.54, 1.807) is 16.7 Å². The fourth-order valence-electron chi connectivity index (χ4n) is 4.82. The van der Waals surface area contributed by atoms with E-state index in [1.165, 1.54) is 12.1 Å². The van der Waals surface area contributed by atoms with Crippen LogP contribution in [0.2, 0.25) is 0 Å². The second-order valence-electron chi connectivity index (χ2n) is 7.98. The van der Waals surface area contributed by atoms with Crippen LogP contribution in [0.3, 0.4) is 0 Å². The maximum absolute atomic E-state index is 13.4. The van der Waals surface area contributed by atoms with Crippen molar-refractivity contribution in [2.75, 3.05) is 31.1 Å². The van der Waals surface area contributed by atoms with E-state index in [-0.39, 0.29) is 11.4 Å². The Morgan fingerprint density at radius 3 is 2.38 bits per heavy atom. The van der Waals surface area contributed by atoms with Crippen LogP contribution in [0.4, 0.5) is 10.1 Å². The van der Waals surface area contributed by atoms with Crippen LogP contribution in [-0.4, -0.2) is 35.7 Å². The van der Waals surface area contributed by atoms with Gasteiger partial charge in [-0.1, -0.05) is 12.1 Å². The smallest absolute Gasteiger partial charge is 0.328 e. The standard InChI is InChI=1S/C22H23FN4O2/c1-2-27-19-8-14(13-3-5-17(23)6-4-13)7-18(20(19)21(28)25-22(27)29)26-11-15-9-24-10-16(15)12-26/h3-8,15-16,24H,2,9-12H2,1H3,(H,25,28,29)/t15-,16+. The van der Waals surface area contributed by atoms with Gasteiger partial charge in [0, 0.05) is 32.7 Å². The number of aromatic amines is 1. The lowest BCUT2D eigenvalue weighted by molar-refractivity contribution is 0.533. The summed E-state index contributed by atoms with van der Waals surface area (Å²) in [7, 11) is 0. The van der Waals surface area contributed by atoms with Crippen LogP contribution < -0.4 is 21.5 Å². The predicted molar refractivity (Wildman–Crippen MR) is 112 cm³/mol. The molecule has 3 heterocycles. The minimum atomic E-state index is -0.408. The molecule has 2 aromatic carbocycles. The highest BCUT2D eigenvalue weighted by Crippen LogP contribution is 2.36. The predicted octanol–water partition coefficient (Wildman–Crippen LogP) is 2.17. The Labute approximate surface area is 167 Å². The number of benzene rings is 2. The number of H-pyrrole nitrogens is 1. The Morgan fingerprint density at radius 2 is 1.72 bits per heavy atom. The Bertz CT molecular complexity index is 1190. The number of hydrogen-bond donors (Lipinski definition) is 2. The Morgan fingerprint density at radius 1 is 1.03 bits per heavy atom. The lowest BCUT2D eigenvalue weighted by atomic mass is 10.0. The van der Waals surface area contributed by atoms with Gasteiger partial charge in [-0.2, -0.15) is 0 Å². The third-order valence-corrected chi connectivity index (χ3v) is 6.30. The van der Waals surface area contributed by atoms with Crippen molar-refractivity contribution in [1.29, 1.82) is 0 Å². The van der Waals surface area contributed by atoms with Crippen molar-refractivity contribution in [3.63, 3.8) is 0 Å². The molecule has 2 saturated heterocycles. The van der Waals surface area contributed by atoms with Crippen LogP contribution in [0.15, 0.2) is 46.0 Å². The molecule has 150 valence electrons. The molecular formula is C22H23FN4O2. The summed E-state index contributed by atoms with van der Waals surface area (Å²) in [6.45, 7) is 6.08. The van der Waals surface area contributed by atoms with E-state index >= 15 is 0 Å². The number of aromatic nitrogens is 2. The fraction of sp³-hybridized carbons (Fsp3) is 0.364. The molecule has 3 aromatic rings. The van der Waals surface area contributed by atoms with Crippen LogP contribution >= 0.6 is 0 Å². The number of fused-ring (bicyclic) bond motifs is 2. The van der Waals surface area contributed by atoms with Crippen molar-refractivity contribution in [3.8, 4) is 11.1 Å². The molecule has 0 radical (unpaired) electrons. The number of aryl methyl sites for hydroxylation is 1. The zero-order chi connectivity index (χ0) is 20.1. The summed E-state index contributed by atoms with van der Waals surface area (Å²) in [5.74, 6) is 0.836. The zero-order valence-electron chi connectivity index (χ0n) is 16.2. The van der Waals surface area contributed by atoms with Crippen molar-refractivity contribution >= 4 is 16.6 Å². The van der Waals surface area contributed by atoms with E-state index in [4.69, 9.17) is 0 Å². The first-order chi connectivity index (χ1) is 14.0. The van der Waals surface area contributed by atoms with Gasteiger partial charge in [-0.15, -0.1) is 0 Å². The van der Waals surface area contributed by atoms with E-state index in [2.05, 4.69) is 15.2 Å². The van der Waals surface area contributed by atoms with E-state index < -0.39 is 5.69 Å². The monoisotopic (exact) mass is 394 g/mol. The number of hydrogen-bond acceptors (Lipinski definition) is 4. The quantitative estimate of drug-likeness (QED) is 0.714. The first-order valence-corrected chi connectivity index (χ1v) is 10.1. The molecule has 0 bridgehead atoms. The van der Waals surface area contributed by atoms with Crippen molar-refractivity contribution < 1.29 is 4.39 Å². The molecule has 2 aliphatic heterocycles. The van der Waals surface area contributed by atoms with Crippen molar-refractivity contribution in [1.82, 2.24) is 14.9 Å². The molecule has 5 rings (SSSR count). The van der Waals surface area contributed by atoms with Crippen molar-refractivity contribution in [2.45, 2.75) is 13.5 Å². The first kappa shape index (κ1) is 18.1. The molecule has 29 heavy (non-hydrogen) atoms. The number of nitrogens with one attached hydrogen (secondary N) is 2. The van der Waals surface area contributed by atoms with Gasteiger partial charge in [0.15, 0.2) is 0 Å². The Balaban J connectivity index is 1.76. The average Bonchev–Trinajstić information content (AvgIpc) is 3.30. The van der Waals surface area contributed by atoms with E-state index in [0.29, 0.717) is 29.3 Å². The molecule has 2 N–H and O–H groups in total. The summed E-state index contributed by atoms with van der Waals surface area (Å²) in [5, 5.41) is 3.98. The summed E-state index contributed by atoms with van der Waals surface area (Å²) in [6.07, 6.45) is 0. The van der Waals surface area contributed by atoms with Crippen LogP contribution in [-0.2, 0) is 6.54 Å². The van der Waals surface area contributed by atoms with Gasteiger partial charge in [0.1, 0.15) is 5.82 Å². The Hall–Kier alpha value is -2.93. The van der Waals surface area contributed by atoms with E-state index in [0.717, 1.165) is 43.0 Å². The molecule has 2 fully saturated rings. The van der Waals surface area contributed by atoms with Crippen molar-refractivity contribution in [3.05, 3.63) is 63.1 Å². The van der Waals surface area contributed by atoms with Gasteiger partial charge in [-0.3, -0.25) is 14.3 Å². The third-order valence-electron chi connectivity index (χ3n) is 6.30. The second-order valence-corrected chi connectivity index (χ2v) is 7.98. The minimum absolute atomic E-state index is 0.295. The maximum atomic E-state index is 13.4. The van der Waals surface area contributed by atoms with Gasteiger partial charge < -0.3 is 10.2 Å². The summed E-state index contributed by atoms with van der Waals surface area (Å²) in [5.41, 5.74) is 2.43. The average molecular weight is 394 g/mol. The lowest BCUT2D eigenvalue weighted by Gasteiger charge is -2.23. The van der Waals surface area contributed by atoms with E-state index in [9.17, 15) is 14.0 Å². The highest BCUT2D eigenvalue weighted by Gasteiger charge is 2.37. The molecule has 2 atom stereocenters. The molecule has 2 aliphatic rings. The second kappa shape index (κ2) is 6.84. The number of nitrogens with zero attached hydrogens (tertiary/aromatic N) is 2. The SMILES string of the molecule is CCn1c(=O)[nH]c(=O)c2c(N3C[C@H]4CNC[C@H]4C3)cc(-c3ccc(F)cc3)cc21. The number of halogens is 1. The van der Waals surface area contributed by atoms with Gasteiger partial charge in [0.25, 0.3) is 5.56 Å².